The predicted molar refractivity (Wildman–Crippen MR) is 119 cm³/mol. The SMILES string of the molecule is Cc1cc(C)c2nc(N(CCCN3CCOCC3)C(=O)c3cccc(F)c3)sc2c1. The van der Waals surface area contributed by atoms with Crippen molar-refractivity contribution in [2.24, 2.45) is 0 Å². The number of benzene rings is 2. The number of anilines is 1. The summed E-state index contributed by atoms with van der Waals surface area (Å²) in [4.78, 5) is 22.1. The molecule has 0 radical (unpaired) electrons. The van der Waals surface area contributed by atoms with Crippen molar-refractivity contribution in [2.45, 2.75) is 20.3 Å². The first-order valence-electron chi connectivity index (χ1n) is 10.3. The molecule has 4 rings (SSSR count). The lowest BCUT2D eigenvalue weighted by Crippen LogP contribution is -2.39. The summed E-state index contributed by atoms with van der Waals surface area (Å²) in [5.74, 6) is -0.630. The maximum Gasteiger partial charge on any atom is 0.260 e. The maximum absolute atomic E-state index is 13.8. The van der Waals surface area contributed by atoms with Crippen LogP contribution in [0, 0.1) is 19.7 Å². The van der Waals surface area contributed by atoms with E-state index >= 15 is 0 Å². The molecule has 5 nitrogen and oxygen atoms in total. The number of halogens is 1. The van der Waals surface area contributed by atoms with Crippen molar-refractivity contribution in [2.75, 3.05) is 44.3 Å². The van der Waals surface area contributed by atoms with Crippen LogP contribution in [0.2, 0.25) is 0 Å². The molecule has 1 saturated heterocycles. The quantitative estimate of drug-likeness (QED) is 0.584. The van der Waals surface area contributed by atoms with Gasteiger partial charge in [0.1, 0.15) is 5.82 Å². The number of fused-ring (bicyclic) bond motifs is 1. The zero-order valence-corrected chi connectivity index (χ0v) is 18.2. The van der Waals surface area contributed by atoms with Crippen LogP contribution in [0.5, 0.6) is 0 Å². The van der Waals surface area contributed by atoms with E-state index in [0.29, 0.717) is 17.2 Å². The standard InChI is InChI=1S/C23H26FN3O2S/c1-16-13-17(2)21-20(14-16)30-23(25-21)27(8-4-7-26-9-11-29-12-10-26)22(28)18-5-3-6-19(24)15-18/h3,5-6,13-15H,4,7-12H2,1-2H3. The van der Waals surface area contributed by atoms with Crippen LogP contribution in [0.4, 0.5) is 9.52 Å². The topological polar surface area (TPSA) is 45.7 Å². The highest BCUT2D eigenvalue weighted by Crippen LogP contribution is 2.32. The van der Waals surface area contributed by atoms with Gasteiger partial charge >= 0.3 is 0 Å². The van der Waals surface area contributed by atoms with E-state index in [1.807, 2.05) is 6.92 Å². The molecule has 0 N–H and O–H groups in total. The van der Waals surface area contributed by atoms with Crippen molar-refractivity contribution in [3.8, 4) is 0 Å². The fourth-order valence-electron chi connectivity index (χ4n) is 3.81. The van der Waals surface area contributed by atoms with Crippen LogP contribution in [-0.4, -0.2) is 55.2 Å². The van der Waals surface area contributed by atoms with Crippen molar-refractivity contribution < 1.29 is 13.9 Å². The highest BCUT2D eigenvalue weighted by Gasteiger charge is 2.22. The van der Waals surface area contributed by atoms with Crippen LogP contribution >= 0.6 is 11.3 Å². The van der Waals surface area contributed by atoms with Gasteiger partial charge in [-0.2, -0.15) is 0 Å². The molecule has 0 aliphatic carbocycles. The molecule has 1 fully saturated rings. The molecule has 1 aromatic heterocycles. The third-order valence-corrected chi connectivity index (χ3v) is 6.35. The van der Waals surface area contributed by atoms with Gasteiger partial charge in [-0.05, 0) is 55.7 Å². The van der Waals surface area contributed by atoms with E-state index in [0.717, 1.165) is 55.0 Å². The molecule has 2 heterocycles. The van der Waals surface area contributed by atoms with Gasteiger partial charge in [-0.25, -0.2) is 9.37 Å². The highest BCUT2D eigenvalue weighted by molar-refractivity contribution is 7.22. The Labute approximate surface area is 180 Å². The molecular weight excluding hydrogens is 401 g/mol. The summed E-state index contributed by atoms with van der Waals surface area (Å²) in [6.45, 7) is 8.85. The monoisotopic (exact) mass is 427 g/mol. The molecule has 1 aliphatic rings. The van der Waals surface area contributed by atoms with Gasteiger partial charge in [-0.15, -0.1) is 0 Å². The third-order valence-electron chi connectivity index (χ3n) is 5.33. The second-order valence-electron chi connectivity index (χ2n) is 7.70. The van der Waals surface area contributed by atoms with Gasteiger partial charge in [0.05, 0.1) is 23.4 Å². The molecule has 0 spiro atoms. The number of aryl methyl sites for hydroxylation is 2. The second-order valence-corrected chi connectivity index (χ2v) is 8.71. The highest BCUT2D eigenvalue weighted by atomic mass is 32.1. The van der Waals surface area contributed by atoms with Gasteiger partial charge in [0, 0.05) is 31.7 Å². The Morgan fingerprint density at radius 2 is 2.03 bits per heavy atom. The Balaban J connectivity index is 1.60. The van der Waals surface area contributed by atoms with E-state index in [4.69, 9.17) is 9.72 Å². The van der Waals surface area contributed by atoms with E-state index in [1.54, 1.807) is 17.0 Å². The Kier molecular flexibility index (Phi) is 6.41. The van der Waals surface area contributed by atoms with E-state index in [-0.39, 0.29) is 5.91 Å². The van der Waals surface area contributed by atoms with Gasteiger partial charge < -0.3 is 4.74 Å². The van der Waals surface area contributed by atoms with E-state index in [2.05, 4.69) is 24.0 Å². The van der Waals surface area contributed by atoms with Crippen LogP contribution in [0.15, 0.2) is 36.4 Å². The Hall–Kier alpha value is -2.35. The van der Waals surface area contributed by atoms with Crippen LogP contribution < -0.4 is 4.90 Å². The largest absolute Gasteiger partial charge is 0.379 e. The number of hydrogen-bond acceptors (Lipinski definition) is 5. The molecule has 2 aromatic carbocycles. The summed E-state index contributed by atoms with van der Waals surface area (Å²) < 4.78 is 20.2. The molecule has 30 heavy (non-hydrogen) atoms. The molecule has 7 heteroatoms. The summed E-state index contributed by atoms with van der Waals surface area (Å²) in [6.07, 6.45) is 0.814. The Morgan fingerprint density at radius 1 is 1.23 bits per heavy atom. The minimum atomic E-state index is -0.412. The van der Waals surface area contributed by atoms with Gasteiger partial charge in [0.25, 0.3) is 5.91 Å². The van der Waals surface area contributed by atoms with Gasteiger partial charge in [-0.1, -0.05) is 23.5 Å². The number of aromatic nitrogens is 1. The fourth-order valence-corrected chi connectivity index (χ4v) is 4.98. The first-order valence-corrected chi connectivity index (χ1v) is 11.1. The number of ether oxygens (including phenoxy) is 1. The normalized spacial score (nSPS) is 14.9. The maximum atomic E-state index is 13.8. The number of hydrogen-bond donors (Lipinski definition) is 0. The fraction of sp³-hybridized carbons (Fsp3) is 0.391. The van der Waals surface area contributed by atoms with Crippen molar-refractivity contribution in [3.05, 3.63) is 58.9 Å². The zero-order chi connectivity index (χ0) is 21.1. The molecule has 0 saturated carbocycles. The predicted octanol–water partition coefficient (Wildman–Crippen LogP) is 4.42. The second kappa shape index (κ2) is 9.20. The van der Waals surface area contributed by atoms with Crippen LogP contribution in [0.3, 0.4) is 0 Å². The average Bonchev–Trinajstić information content (AvgIpc) is 3.15. The Morgan fingerprint density at radius 3 is 2.80 bits per heavy atom. The number of carbonyl (C=O) groups is 1. The first-order chi connectivity index (χ1) is 14.5. The molecular formula is C23H26FN3O2S. The van der Waals surface area contributed by atoms with Gasteiger partial charge in [-0.3, -0.25) is 14.6 Å². The molecule has 3 aromatic rings. The van der Waals surface area contributed by atoms with Crippen molar-refractivity contribution >= 4 is 32.6 Å². The summed E-state index contributed by atoms with van der Waals surface area (Å²) in [7, 11) is 0. The number of thiazole rings is 1. The smallest absolute Gasteiger partial charge is 0.260 e. The van der Waals surface area contributed by atoms with Gasteiger partial charge in [0.2, 0.25) is 0 Å². The van der Waals surface area contributed by atoms with Gasteiger partial charge in [0.15, 0.2) is 5.13 Å². The van der Waals surface area contributed by atoms with E-state index in [9.17, 15) is 9.18 Å². The van der Waals surface area contributed by atoms with E-state index in [1.165, 1.54) is 29.0 Å². The molecule has 0 unspecified atom stereocenters. The molecule has 158 valence electrons. The first kappa shape index (κ1) is 20.9. The van der Waals surface area contributed by atoms with Crippen LogP contribution in [0.1, 0.15) is 27.9 Å². The van der Waals surface area contributed by atoms with Crippen molar-refractivity contribution in [1.29, 1.82) is 0 Å². The lowest BCUT2D eigenvalue weighted by Gasteiger charge is -2.27. The zero-order valence-electron chi connectivity index (χ0n) is 17.4. The number of carbonyl (C=O) groups excluding carboxylic acids is 1. The molecule has 0 bridgehead atoms. The van der Waals surface area contributed by atoms with Crippen LogP contribution in [0.25, 0.3) is 10.2 Å². The van der Waals surface area contributed by atoms with Crippen LogP contribution in [-0.2, 0) is 4.74 Å². The molecule has 0 atom stereocenters. The van der Waals surface area contributed by atoms with E-state index < -0.39 is 5.82 Å². The number of nitrogens with zero attached hydrogens (tertiary/aromatic N) is 3. The molecule has 1 amide bonds. The summed E-state index contributed by atoms with van der Waals surface area (Å²) >= 11 is 1.51. The lowest BCUT2D eigenvalue weighted by molar-refractivity contribution is 0.0376. The average molecular weight is 428 g/mol. The number of morpholine rings is 1. The number of rotatable bonds is 6. The Bertz CT molecular complexity index is 1050. The van der Waals surface area contributed by atoms with Crippen molar-refractivity contribution in [3.63, 3.8) is 0 Å². The summed E-state index contributed by atoms with van der Waals surface area (Å²) in [5.41, 5.74) is 3.53. The minimum Gasteiger partial charge on any atom is -0.379 e. The minimum absolute atomic E-state index is 0.218. The third kappa shape index (κ3) is 4.69. The molecule has 1 aliphatic heterocycles. The van der Waals surface area contributed by atoms with Crippen molar-refractivity contribution in [1.82, 2.24) is 9.88 Å². The number of amides is 1. The lowest BCUT2D eigenvalue weighted by atomic mass is 10.1. The summed E-state index contributed by atoms with van der Waals surface area (Å²) in [6, 6.07) is 10.1. The summed E-state index contributed by atoms with van der Waals surface area (Å²) in [5, 5.41) is 0.662.